The van der Waals surface area contributed by atoms with Crippen LogP contribution >= 0.6 is 0 Å². The lowest BCUT2D eigenvalue weighted by molar-refractivity contribution is 0.0711. The maximum absolute atomic E-state index is 13.2. The zero-order valence-electron chi connectivity index (χ0n) is 20.4. The molecule has 2 aromatic heterocycles. The Morgan fingerprint density at radius 3 is 2.50 bits per heavy atom. The second-order valence-electron chi connectivity index (χ2n) is 9.72. The van der Waals surface area contributed by atoms with Crippen molar-refractivity contribution in [2.45, 2.75) is 32.6 Å². The molecular formula is C30H27N3O3. The van der Waals surface area contributed by atoms with Crippen LogP contribution in [0.5, 0.6) is 0 Å². The molecule has 0 unspecified atom stereocenters. The predicted molar refractivity (Wildman–Crippen MR) is 141 cm³/mol. The number of hydrogen-bond donors (Lipinski definition) is 1. The molecule has 6 rings (SSSR count). The highest BCUT2D eigenvalue weighted by Gasteiger charge is 2.26. The summed E-state index contributed by atoms with van der Waals surface area (Å²) in [6.07, 6.45) is 1.76. The number of aromatic amines is 1. The first-order chi connectivity index (χ1) is 17.5. The lowest BCUT2D eigenvalue weighted by Crippen LogP contribution is -2.38. The zero-order chi connectivity index (χ0) is 24.8. The molecule has 3 heterocycles. The number of likely N-dealkylation sites (tertiary alicyclic amines) is 1. The van der Waals surface area contributed by atoms with Crippen molar-refractivity contribution in [2.75, 3.05) is 13.1 Å². The van der Waals surface area contributed by atoms with Crippen LogP contribution in [0.4, 0.5) is 0 Å². The first-order valence-electron chi connectivity index (χ1n) is 12.4. The highest BCUT2D eigenvalue weighted by atomic mass is 16.3. The summed E-state index contributed by atoms with van der Waals surface area (Å²) in [5, 5.41) is 0.592. The standard InChI is InChI=1S/C30H27N3O3/c1-18-15-19(2)28-23(16-18)26(34)17-27(36-28)20-7-9-22(10-8-20)30(35)33-13-11-21(12-14-33)29-31-24-5-3-4-6-25(24)32-29/h3-10,15-17,21H,11-14H2,1-2H3,(H,31,32). The van der Waals surface area contributed by atoms with Crippen LogP contribution in [0.1, 0.15) is 46.1 Å². The average molecular weight is 478 g/mol. The third kappa shape index (κ3) is 3.98. The number of aromatic nitrogens is 2. The van der Waals surface area contributed by atoms with Crippen molar-refractivity contribution >= 4 is 27.9 Å². The van der Waals surface area contributed by atoms with Crippen LogP contribution < -0.4 is 5.43 Å². The lowest BCUT2D eigenvalue weighted by atomic mass is 9.95. The van der Waals surface area contributed by atoms with E-state index in [-0.39, 0.29) is 11.3 Å². The van der Waals surface area contributed by atoms with Crippen LogP contribution in [0, 0.1) is 13.8 Å². The highest BCUT2D eigenvalue weighted by Crippen LogP contribution is 2.29. The fraction of sp³-hybridized carbons (Fsp3) is 0.233. The molecule has 36 heavy (non-hydrogen) atoms. The number of para-hydroxylation sites is 2. The molecule has 1 aliphatic rings. The number of hydrogen-bond acceptors (Lipinski definition) is 4. The van der Waals surface area contributed by atoms with Crippen LogP contribution in [0.2, 0.25) is 0 Å². The number of imidazole rings is 1. The van der Waals surface area contributed by atoms with E-state index < -0.39 is 0 Å². The first kappa shape index (κ1) is 22.3. The Kier molecular flexibility index (Phi) is 5.44. The number of nitrogens with zero attached hydrogens (tertiary/aromatic N) is 2. The van der Waals surface area contributed by atoms with Gasteiger partial charge in [-0.1, -0.05) is 30.3 Å². The molecule has 0 aliphatic carbocycles. The Hall–Kier alpha value is -4.19. The molecule has 1 amide bonds. The molecule has 0 atom stereocenters. The quantitative estimate of drug-likeness (QED) is 0.347. The van der Waals surface area contributed by atoms with Crippen LogP contribution in [0.25, 0.3) is 33.3 Å². The molecule has 1 fully saturated rings. The summed E-state index contributed by atoms with van der Waals surface area (Å²) >= 11 is 0. The van der Waals surface area contributed by atoms with E-state index in [0.717, 1.165) is 46.4 Å². The van der Waals surface area contributed by atoms with Gasteiger partial charge < -0.3 is 14.3 Å². The summed E-state index contributed by atoms with van der Waals surface area (Å²) in [6, 6.07) is 20.8. The Labute approximate surface area is 208 Å². The van der Waals surface area contributed by atoms with Crippen molar-refractivity contribution in [3.63, 3.8) is 0 Å². The van der Waals surface area contributed by atoms with Gasteiger partial charge in [0.1, 0.15) is 17.2 Å². The van der Waals surface area contributed by atoms with Crippen LogP contribution in [0.3, 0.4) is 0 Å². The molecule has 0 bridgehead atoms. The Morgan fingerprint density at radius 2 is 1.75 bits per heavy atom. The van der Waals surface area contributed by atoms with Crippen molar-refractivity contribution in [1.82, 2.24) is 14.9 Å². The number of carbonyl (C=O) groups is 1. The van der Waals surface area contributed by atoms with Gasteiger partial charge >= 0.3 is 0 Å². The minimum atomic E-state index is -0.0643. The number of benzene rings is 3. The highest BCUT2D eigenvalue weighted by molar-refractivity contribution is 5.94. The fourth-order valence-electron chi connectivity index (χ4n) is 5.23. The first-order valence-corrected chi connectivity index (χ1v) is 12.4. The number of fused-ring (bicyclic) bond motifs is 2. The molecule has 1 N–H and O–H groups in total. The molecule has 1 aliphatic heterocycles. The monoisotopic (exact) mass is 477 g/mol. The van der Waals surface area contributed by atoms with Crippen molar-refractivity contribution in [2.24, 2.45) is 0 Å². The molecule has 3 aromatic carbocycles. The Bertz CT molecular complexity index is 1620. The normalized spacial score (nSPS) is 14.6. The van der Waals surface area contributed by atoms with Crippen molar-refractivity contribution in [1.29, 1.82) is 0 Å². The molecule has 180 valence electrons. The summed E-state index contributed by atoms with van der Waals surface area (Å²) in [4.78, 5) is 36.0. The van der Waals surface area contributed by atoms with E-state index in [1.165, 1.54) is 6.07 Å². The molecule has 0 spiro atoms. The summed E-state index contributed by atoms with van der Waals surface area (Å²) in [5.41, 5.74) is 5.95. The number of amides is 1. The molecule has 5 aromatic rings. The summed E-state index contributed by atoms with van der Waals surface area (Å²) in [7, 11) is 0. The van der Waals surface area contributed by atoms with Crippen LogP contribution in [0.15, 0.2) is 75.9 Å². The number of rotatable bonds is 3. The number of carbonyl (C=O) groups excluding carboxylic acids is 1. The van der Waals surface area contributed by atoms with E-state index in [0.29, 0.717) is 41.3 Å². The Balaban J connectivity index is 1.17. The molecular weight excluding hydrogens is 450 g/mol. The van der Waals surface area contributed by atoms with Gasteiger partial charge in [0, 0.05) is 36.2 Å². The minimum absolute atomic E-state index is 0.0240. The van der Waals surface area contributed by atoms with E-state index in [1.807, 2.05) is 79.4 Å². The smallest absolute Gasteiger partial charge is 0.253 e. The van der Waals surface area contributed by atoms with Gasteiger partial charge in [-0.15, -0.1) is 0 Å². The second-order valence-corrected chi connectivity index (χ2v) is 9.72. The van der Waals surface area contributed by atoms with Crippen LogP contribution in [-0.4, -0.2) is 33.9 Å². The topological polar surface area (TPSA) is 79.2 Å². The van der Waals surface area contributed by atoms with E-state index in [9.17, 15) is 9.59 Å². The second kappa shape index (κ2) is 8.79. The maximum Gasteiger partial charge on any atom is 0.253 e. The largest absolute Gasteiger partial charge is 0.456 e. The summed E-state index contributed by atoms with van der Waals surface area (Å²) < 4.78 is 6.10. The van der Waals surface area contributed by atoms with Crippen molar-refractivity contribution in [3.8, 4) is 11.3 Å². The van der Waals surface area contributed by atoms with E-state index in [1.54, 1.807) is 0 Å². The molecule has 0 radical (unpaired) electrons. The summed E-state index contributed by atoms with van der Waals surface area (Å²) in [5.74, 6) is 1.86. The van der Waals surface area contributed by atoms with Crippen molar-refractivity contribution in [3.05, 3.63) is 99.5 Å². The zero-order valence-corrected chi connectivity index (χ0v) is 20.4. The van der Waals surface area contributed by atoms with Gasteiger partial charge in [-0.05, 0) is 68.1 Å². The lowest BCUT2D eigenvalue weighted by Gasteiger charge is -2.31. The number of aryl methyl sites for hydroxylation is 2. The van der Waals surface area contributed by atoms with Gasteiger partial charge in [-0.25, -0.2) is 4.98 Å². The molecule has 6 nitrogen and oxygen atoms in total. The predicted octanol–water partition coefficient (Wildman–Crippen LogP) is 5.97. The summed E-state index contributed by atoms with van der Waals surface area (Å²) in [6.45, 7) is 5.30. The van der Waals surface area contributed by atoms with Gasteiger partial charge in [0.05, 0.1) is 16.4 Å². The van der Waals surface area contributed by atoms with E-state index in [4.69, 9.17) is 9.40 Å². The van der Waals surface area contributed by atoms with Crippen molar-refractivity contribution < 1.29 is 9.21 Å². The molecule has 1 saturated heterocycles. The minimum Gasteiger partial charge on any atom is -0.456 e. The van der Waals surface area contributed by atoms with Gasteiger partial charge in [-0.3, -0.25) is 9.59 Å². The van der Waals surface area contributed by atoms with Gasteiger partial charge in [-0.2, -0.15) is 0 Å². The molecule has 0 saturated carbocycles. The number of piperidine rings is 1. The molecule has 6 heteroatoms. The van der Waals surface area contributed by atoms with Gasteiger partial charge in [0.15, 0.2) is 5.43 Å². The maximum atomic E-state index is 13.2. The number of H-pyrrole nitrogens is 1. The van der Waals surface area contributed by atoms with E-state index in [2.05, 4.69) is 4.98 Å². The third-order valence-corrected chi connectivity index (χ3v) is 7.15. The van der Waals surface area contributed by atoms with Crippen LogP contribution in [-0.2, 0) is 0 Å². The SMILES string of the molecule is Cc1cc(C)c2oc(-c3ccc(C(=O)N4CCC(c5nc6ccccc6[nH]5)CC4)cc3)cc(=O)c2c1. The number of nitrogens with one attached hydrogen (secondary N) is 1. The van der Waals surface area contributed by atoms with Gasteiger partial charge in [0.2, 0.25) is 0 Å². The average Bonchev–Trinajstić information content (AvgIpc) is 3.33. The van der Waals surface area contributed by atoms with Gasteiger partial charge in [0.25, 0.3) is 5.91 Å². The fourth-order valence-corrected chi connectivity index (χ4v) is 5.23. The third-order valence-electron chi connectivity index (χ3n) is 7.15. The van der Waals surface area contributed by atoms with E-state index >= 15 is 0 Å². The Morgan fingerprint density at radius 1 is 1.00 bits per heavy atom.